The molecule has 38 heavy (non-hydrogen) atoms. The van der Waals surface area contributed by atoms with Gasteiger partial charge in [0.05, 0.1) is 10.8 Å². The fourth-order valence-electron chi connectivity index (χ4n) is 5.13. The van der Waals surface area contributed by atoms with E-state index in [4.69, 9.17) is 15.2 Å². The summed E-state index contributed by atoms with van der Waals surface area (Å²) in [5, 5.41) is 16.5. The second-order valence-corrected chi connectivity index (χ2v) is 9.54. The van der Waals surface area contributed by atoms with Crippen LogP contribution in [0.15, 0.2) is 64.1 Å². The van der Waals surface area contributed by atoms with Crippen LogP contribution < -0.4 is 11.4 Å². The topological polar surface area (TPSA) is 123 Å². The Morgan fingerprint density at radius 3 is 2.68 bits per heavy atom. The summed E-state index contributed by atoms with van der Waals surface area (Å²) in [6, 6.07) is 10.5. The summed E-state index contributed by atoms with van der Waals surface area (Å²) in [6.45, 7) is 3.51. The van der Waals surface area contributed by atoms with Gasteiger partial charge in [-0.2, -0.15) is 5.10 Å². The number of hydrogen-bond acceptors (Lipinski definition) is 8. The van der Waals surface area contributed by atoms with Crippen molar-refractivity contribution in [3.63, 3.8) is 0 Å². The van der Waals surface area contributed by atoms with Crippen molar-refractivity contribution in [3.05, 3.63) is 82.4 Å². The fraction of sp³-hybridized carbons (Fsp3) is 0.214. The van der Waals surface area contributed by atoms with E-state index in [0.717, 1.165) is 42.1 Å². The molecule has 10 heteroatoms. The molecule has 9 nitrogen and oxygen atoms in total. The number of anilines is 1. The standard InChI is InChI=1S/C28H25FN6O3/c1-15(25-22(16-7-9-34(2)10-8-16)20-5-3-4-6-21(20)28(37)38-25)35-27-23(26(30)31-14-32-27)24(33-35)17-11-18(29)13-19(36)12-17/h3-7,11-15,36H,8-10H2,1-2H3,(H2,30,31,32). The summed E-state index contributed by atoms with van der Waals surface area (Å²) in [5.41, 5.74) is 8.75. The Labute approximate surface area is 216 Å². The molecule has 1 aliphatic rings. The molecule has 4 heterocycles. The predicted octanol–water partition coefficient (Wildman–Crippen LogP) is 4.35. The maximum absolute atomic E-state index is 14.2. The number of halogens is 1. The van der Waals surface area contributed by atoms with Gasteiger partial charge in [0.2, 0.25) is 0 Å². The minimum Gasteiger partial charge on any atom is -0.508 e. The number of nitrogens with zero attached hydrogens (tertiary/aromatic N) is 5. The summed E-state index contributed by atoms with van der Waals surface area (Å²) >= 11 is 0. The number of nitrogen functional groups attached to an aromatic ring is 1. The second-order valence-electron chi connectivity index (χ2n) is 9.54. The Balaban J connectivity index is 1.62. The Bertz CT molecular complexity index is 1790. The molecule has 1 unspecified atom stereocenters. The Morgan fingerprint density at radius 1 is 1.16 bits per heavy atom. The van der Waals surface area contributed by atoms with E-state index in [-0.39, 0.29) is 11.6 Å². The zero-order valence-electron chi connectivity index (χ0n) is 20.8. The number of hydrogen-bond donors (Lipinski definition) is 2. The quantitative estimate of drug-likeness (QED) is 0.364. The lowest BCUT2D eigenvalue weighted by Gasteiger charge is -2.25. The van der Waals surface area contributed by atoms with Crippen LogP contribution in [0.4, 0.5) is 10.2 Å². The number of rotatable bonds is 4. The van der Waals surface area contributed by atoms with E-state index in [2.05, 4.69) is 28.0 Å². The molecule has 6 rings (SSSR count). The molecule has 192 valence electrons. The van der Waals surface area contributed by atoms with E-state index in [0.29, 0.717) is 33.4 Å². The zero-order chi connectivity index (χ0) is 26.6. The van der Waals surface area contributed by atoms with Gasteiger partial charge in [-0.25, -0.2) is 23.8 Å². The maximum Gasteiger partial charge on any atom is 0.343 e. The molecule has 1 atom stereocenters. The lowest BCUT2D eigenvalue weighted by Crippen LogP contribution is -2.24. The van der Waals surface area contributed by atoms with E-state index in [1.165, 1.54) is 18.5 Å². The van der Waals surface area contributed by atoms with Crippen LogP contribution in [0.3, 0.4) is 0 Å². The van der Waals surface area contributed by atoms with Gasteiger partial charge in [0, 0.05) is 30.3 Å². The van der Waals surface area contributed by atoms with Crippen LogP contribution in [0.5, 0.6) is 5.75 Å². The summed E-state index contributed by atoms with van der Waals surface area (Å²) in [6.07, 6.45) is 4.27. The molecule has 2 aromatic carbocycles. The van der Waals surface area contributed by atoms with Gasteiger partial charge < -0.3 is 20.2 Å². The van der Waals surface area contributed by atoms with E-state index < -0.39 is 17.5 Å². The van der Waals surface area contributed by atoms with E-state index >= 15 is 0 Å². The fourth-order valence-corrected chi connectivity index (χ4v) is 5.13. The van der Waals surface area contributed by atoms with Crippen molar-refractivity contribution in [1.82, 2.24) is 24.6 Å². The zero-order valence-corrected chi connectivity index (χ0v) is 20.8. The van der Waals surface area contributed by atoms with E-state index in [1.54, 1.807) is 10.7 Å². The third-order valence-corrected chi connectivity index (χ3v) is 7.02. The van der Waals surface area contributed by atoms with Gasteiger partial charge in [-0.1, -0.05) is 24.3 Å². The smallest absolute Gasteiger partial charge is 0.343 e. The van der Waals surface area contributed by atoms with Gasteiger partial charge in [-0.3, -0.25) is 0 Å². The maximum atomic E-state index is 14.2. The van der Waals surface area contributed by atoms with Gasteiger partial charge in [0.25, 0.3) is 0 Å². The first kappa shape index (κ1) is 23.8. The molecule has 0 spiro atoms. The monoisotopic (exact) mass is 512 g/mol. The SMILES string of the molecule is CC(c1oc(=O)c2ccccc2c1C1=CCN(C)CC1)n1nc(-c2cc(O)cc(F)c2)c2c(N)ncnc21. The Morgan fingerprint density at radius 2 is 1.95 bits per heavy atom. The Kier molecular flexibility index (Phi) is 5.68. The first-order valence-corrected chi connectivity index (χ1v) is 12.2. The minimum atomic E-state index is -0.622. The highest BCUT2D eigenvalue weighted by molar-refractivity contribution is 5.99. The number of fused-ring (bicyclic) bond motifs is 2. The van der Waals surface area contributed by atoms with Crippen LogP contribution in [0.1, 0.15) is 30.7 Å². The molecular formula is C28H25FN6O3. The van der Waals surface area contributed by atoms with Crippen LogP contribution in [0.25, 0.3) is 38.6 Å². The average molecular weight is 513 g/mol. The predicted molar refractivity (Wildman–Crippen MR) is 143 cm³/mol. The first-order chi connectivity index (χ1) is 18.3. The minimum absolute atomic E-state index is 0.158. The lowest BCUT2D eigenvalue weighted by atomic mass is 9.92. The van der Waals surface area contributed by atoms with Crippen molar-refractivity contribution >= 4 is 33.2 Å². The van der Waals surface area contributed by atoms with Crippen molar-refractivity contribution in [2.75, 3.05) is 25.9 Å². The van der Waals surface area contributed by atoms with Crippen LogP contribution in [-0.4, -0.2) is 49.9 Å². The summed E-state index contributed by atoms with van der Waals surface area (Å²) < 4.78 is 21.8. The van der Waals surface area contributed by atoms with Crippen molar-refractivity contribution in [3.8, 4) is 17.0 Å². The summed E-state index contributed by atoms with van der Waals surface area (Å²) in [4.78, 5) is 23.9. The molecule has 0 bridgehead atoms. The first-order valence-electron chi connectivity index (χ1n) is 12.2. The lowest BCUT2D eigenvalue weighted by molar-refractivity contribution is 0.368. The van der Waals surface area contributed by atoms with E-state index in [1.807, 2.05) is 25.1 Å². The van der Waals surface area contributed by atoms with E-state index in [9.17, 15) is 14.3 Å². The second kappa shape index (κ2) is 9.07. The van der Waals surface area contributed by atoms with Gasteiger partial charge in [-0.05, 0) is 49.6 Å². The molecule has 0 saturated carbocycles. The molecule has 0 amide bonds. The van der Waals surface area contributed by atoms with Gasteiger partial charge in [0.15, 0.2) is 5.65 Å². The van der Waals surface area contributed by atoms with Crippen molar-refractivity contribution in [1.29, 1.82) is 0 Å². The van der Waals surface area contributed by atoms with Gasteiger partial charge >= 0.3 is 5.63 Å². The highest BCUT2D eigenvalue weighted by Gasteiger charge is 2.28. The van der Waals surface area contributed by atoms with Crippen LogP contribution in [-0.2, 0) is 0 Å². The molecule has 0 radical (unpaired) electrons. The van der Waals surface area contributed by atoms with Gasteiger partial charge in [-0.15, -0.1) is 0 Å². The molecule has 0 aliphatic carbocycles. The molecule has 3 aromatic heterocycles. The van der Waals surface area contributed by atoms with Crippen LogP contribution in [0.2, 0.25) is 0 Å². The molecule has 0 saturated heterocycles. The van der Waals surface area contributed by atoms with Crippen molar-refractivity contribution < 1.29 is 13.9 Å². The number of aromatic hydroxyl groups is 1. The number of benzene rings is 2. The van der Waals surface area contributed by atoms with Crippen molar-refractivity contribution in [2.45, 2.75) is 19.4 Å². The number of phenols is 1. The number of likely N-dealkylation sites (N-methyl/N-ethyl adjacent to an activating group) is 1. The van der Waals surface area contributed by atoms with Crippen LogP contribution >= 0.6 is 0 Å². The van der Waals surface area contributed by atoms with Crippen LogP contribution in [0, 0.1) is 5.82 Å². The van der Waals surface area contributed by atoms with Gasteiger partial charge in [0.1, 0.15) is 41.2 Å². The largest absolute Gasteiger partial charge is 0.508 e. The third kappa shape index (κ3) is 3.90. The molecular weight excluding hydrogens is 487 g/mol. The third-order valence-electron chi connectivity index (χ3n) is 7.02. The summed E-state index contributed by atoms with van der Waals surface area (Å²) in [7, 11) is 2.06. The Hall–Kier alpha value is -4.57. The molecule has 3 N–H and O–H groups in total. The van der Waals surface area contributed by atoms with Crippen molar-refractivity contribution in [2.24, 2.45) is 0 Å². The highest BCUT2D eigenvalue weighted by atomic mass is 19.1. The highest BCUT2D eigenvalue weighted by Crippen LogP contribution is 2.38. The molecule has 5 aromatic rings. The molecule has 0 fully saturated rings. The number of aromatic nitrogens is 4. The average Bonchev–Trinajstić information content (AvgIpc) is 3.30. The molecule has 1 aliphatic heterocycles. The number of nitrogens with two attached hydrogens (primary N) is 1. The number of phenolic OH excluding ortho intramolecular Hbond substituents is 1. The normalized spacial score (nSPS) is 15.2. The summed E-state index contributed by atoms with van der Waals surface area (Å²) in [5.74, 6) is -0.267.